The van der Waals surface area contributed by atoms with Gasteiger partial charge in [0.25, 0.3) is 0 Å². The van der Waals surface area contributed by atoms with Crippen molar-refractivity contribution in [3.63, 3.8) is 0 Å². The molecule has 1 aromatic carbocycles. The number of nitrogens with zero attached hydrogens (tertiary/aromatic N) is 1. The molecule has 2 N–H and O–H groups in total. The number of benzene rings is 1. The highest BCUT2D eigenvalue weighted by atomic mass is 35.5. The Morgan fingerprint density at radius 1 is 1.56 bits per heavy atom. The van der Waals surface area contributed by atoms with E-state index in [1.54, 1.807) is 6.07 Å². The average molecular weight is 243 g/mol. The summed E-state index contributed by atoms with van der Waals surface area (Å²) in [4.78, 5) is 2.27. The molecule has 0 radical (unpaired) electrons. The van der Waals surface area contributed by atoms with Crippen LogP contribution in [0.1, 0.15) is 24.9 Å². The zero-order valence-corrected chi connectivity index (χ0v) is 10.0. The van der Waals surface area contributed by atoms with E-state index in [0.717, 1.165) is 25.1 Å². The number of nitrogens with two attached hydrogens (primary N) is 1. The van der Waals surface area contributed by atoms with Crippen LogP contribution in [0.5, 0.6) is 0 Å². The second-order valence-electron chi connectivity index (χ2n) is 4.20. The maximum atomic E-state index is 13.4. The van der Waals surface area contributed by atoms with Gasteiger partial charge in [0.1, 0.15) is 5.82 Å². The fraction of sp³-hybridized carbons (Fsp3) is 0.500. The van der Waals surface area contributed by atoms with Gasteiger partial charge in [-0.1, -0.05) is 24.6 Å². The van der Waals surface area contributed by atoms with Crippen LogP contribution in [0.25, 0.3) is 0 Å². The van der Waals surface area contributed by atoms with E-state index in [2.05, 4.69) is 11.8 Å². The van der Waals surface area contributed by atoms with Gasteiger partial charge in [0.2, 0.25) is 0 Å². The molecule has 0 aliphatic carbocycles. The van der Waals surface area contributed by atoms with E-state index >= 15 is 0 Å². The van der Waals surface area contributed by atoms with Gasteiger partial charge in [0.05, 0.1) is 11.1 Å². The molecular weight excluding hydrogens is 227 g/mol. The summed E-state index contributed by atoms with van der Waals surface area (Å²) in [6.45, 7) is 4.01. The highest BCUT2D eigenvalue weighted by molar-refractivity contribution is 6.30. The third-order valence-corrected chi connectivity index (χ3v) is 3.55. The molecule has 0 bridgehead atoms. The number of likely N-dealkylation sites (tertiary alicyclic amines) is 1. The largest absolute Gasteiger partial charge is 0.326 e. The Labute approximate surface area is 100 Å². The van der Waals surface area contributed by atoms with Gasteiger partial charge in [-0.2, -0.15) is 0 Å². The van der Waals surface area contributed by atoms with Crippen LogP contribution < -0.4 is 5.73 Å². The van der Waals surface area contributed by atoms with E-state index in [-0.39, 0.29) is 22.9 Å². The molecule has 88 valence electrons. The van der Waals surface area contributed by atoms with Crippen molar-refractivity contribution in [1.29, 1.82) is 0 Å². The molecular formula is C12H16ClFN2. The van der Waals surface area contributed by atoms with Crippen LogP contribution in [0, 0.1) is 5.82 Å². The van der Waals surface area contributed by atoms with Crippen LogP contribution in [0.3, 0.4) is 0 Å². The Kier molecular flexibility index (Phi) is 3.47. The summed E-state index contributed by atoms with van der Waals surface area (Å²) in [6.07, 6.45) is 0.961. The number of hydrogen-bond donors (Lipinski definition) is 1. The maximum Gasteiger partial charge on any atom is 0.142 e. The minimum Gasteiger partial charge on any atom is -0.326 e. The molecule has 2 rings (SSSR count). The van der Waals surface area contributed by atoms with E-state index < -0.39 is 0 Å². The van der Waals surface area contributed by atoms with E-state index in [9.17, 15) is 4.39 Å². The Hall–Kier alpha value is -0.640. The number of likely N-dealkylation sites (N-methyl/N-ethyl adjacent to an activating group) is 1. The number of rotatable bonds is 2. The molecule has 0 amide bonds. The highest BCUT2D eigenvalue weighted by Gasteiger charge is 2.31. The van der Waals surface area contributed by atoms with Gasteiger partial charge >= 0.3 is 0 Å². The molecule has 1 aliphatic heterocycles. The predicted molar refractivity (Wildman–Crippen MR) is 64.0 cm³/mol. The van der Waals surface area contributed by atoms with Crippen molar-refractivity contribution >= 4 is 11.6 Å². The normalized spacial score (nSPS) is 26.2. The van der Waals surface area contributed by atoms with Gasteiger partial charge in [0.15, 0.2) is 0 Å². The van der Waals surface area contributed by atoms with Crippen molar-refractivity contribution in [3.8, 4) is 0 Å². The first-order chi connectivity index (χ1) is 7.63. The maximum absolute atomic E-state index is 13.4. The first-order valence-corrected chi connectivity index (χ1v) is 5.96. The van der Waals surface area contributed by atoms with Crippen LogP contribution in [0.4, 0.5) is 4.39 Å². The number of halogens is 2. The lowest BCUT2D eigenvalue weighted by Gasteiger charge is -2.25. The van der Waals surface area contributed by atoms with Gasteiger partial charge in [-0.05, 0) is 30.7 Å². The summed E-state index contributed by atoms with van der Waals surface area (Å²) < 4.78 is 13.4. The van der Waals surface area contributed by atoms with E-state index in [4.69, 9.17) is 17.3 Å². The quantitative estimate of drug-likeness (QED) is 0.864. The van der Waals surface area contributed by atoms with E-state index in [1.807, 2.05) is 6.07 Å². The highest BCUT2D eigenvalue weighted by Crippen LogP contribution is 2.32. The molecule has 0 spiro atoms. The van der Waals surface area contributed by atoms with Crippen molar-refractivity contribution in [2.45, 2.75) is 25.4 Å². The van der Waals surface area contributed by atoms with Gasteiger partial charge in [-0.3, -0.25) is 4.90 Å². The van der Waals surface area contributed by atoms with Gasteiger partial charge < -0.3 is 5.73 Å². The van der Waals surface area contributed by atoms with Crippen molar-refractivity contribution in [1.82, 2.24) is 4.90 Å². The van der Waals surface area contributed by atoms with Gasteiger partial charge in [0, 0.05) is 12.6 Å². The first kappa shape index (κ1) is 11.8. The fourth-order valence-electron chi connectivity index (χ4n) is 2.39. The molecule has 2 nitrogen and oxygen atoms in total. The van der Waals surface area contributed by atoms with Crippen LogP contribution in [-0.2, 0) is 0 Å². The van der Waals surface area contributed by atoms with Crippen molar-refractivity contribution in [2.75, 3.05) is 13.1 Å². The summed E-state index contributed by atoms with van der Waals surface area (Å²) >= 11 is 5.67. The molecule has 0 unspecified atom stereocenters. The Bertz CT molecular complexity index is 383. The van der Waals surface area contributed by atoms with E-state index in [1.165, 1.54) is 6.07 Å². The molecule has 2 atom stereocenters. The Balaban J connectivity index is 2.31. The third kappa shape index (κ3) is 2.08. The van der Waals surface area contributed by atoms with Crippen molar-refractivity contribution in [2.24, 2.45) is 5.73 Å². The van der Waals surface area contributed by atoms with Crippen molar-refractivity contribution in [3.05, 3.63) is 34.6 Å². The topological polar surface area (TPSA) is 29.3 Å². The summed E-state index contributed by atoms with van der Waals surface area (Å²) in [5.41, 5.74) is 6.99. The lowest BCUT2D eigenvalue weighted by Crippen LogP contribution is -2.31. The SMILES string of the molecule is CCN1CC[C@H](N)[C@@H]1c1ccc(Cl)c(F)c1. The fourth-order valence-corrected chi connectivity index (χ4v) is 2.51. The second kappa shape index (κ2) is 4.70. The van der Waals surface area contributed by atoms with Crippen LogP contribution in [0.2, 0.25) is 5.02 Å². The third-order valence-electron chi connectivity index (χ3n) is 3.24. The Morgan fingerprint density at radius 3 is 2.94 bits per heavy atom. The summed E-state index contributed by atoms with van der Waals surface area (Å²) in [6, 6.07) is 5.17. The average Bonchev–Trinajstić information content (AvgIpc) is 2.64. The molecule has 16 heavy (non-hydrogen) atoms. The lowest BCUT2D eigenvalue weighted by molar-refractivity contribution is 0.260. The second-order valence-corrected chi connectivity index (χ2v) is 4.61. The molecule has 0 saturated carbocycles. The molecule has 4 heteroatoms. The standard InChI is InChI=1S/C12H16ClFN2/c1-2-16-6-5-11(15)12(16)8-3-4-9(13)10(14)7-8/h3-4,7,11-12H,2,5-6,15H2,1H3/t11-,12-/m0/s1. The van der Waals surface area contributed by atoms with Crippen molar-refractivity contribution < 1.29 is 4.39 Å². The summed E-state index contributed by atoms with van der Waals surface area (Å²) in [7, 11) is 0. The van der Waals surface area contributed by atoms with Gasteiger partial charge in [-0.15, -0.1) is 0 Å². The molecule has 1 aliphatic rings. The molecule has 1 heterocycles. The van der Waals surface area contributed by atoms with Crippen LogP contribution >= 0.6 is 11.6 Å². The van der Waals surface area contributed by atoms with Crippen LogP contribution in [-0.4, -0.2) is 24.0 Å². The zero-order chi connectivity index (χ0) is 11.7. The van der Waals surface area contributed by atoms with E-state index in [0.29, 0.717) is 0 Å². The zero-order valence-electron chi connectivity index (χ0n) is 9.29. The molecule has 1 saturated heterocycles. The van der Waals surface area contributed by atoms with Gasteiger partial charge in [-0.25, -0.2) is 4.39 Å². The summed E-state index contributed by atoms with van der Waals surface area (Å²) in [5, 5.41) is 0.165. The molecule has 1 aromatic rings. The summed E-state index contributed by atoms with van der Waals surface area (Å²) in [5.74, 6) is -0.366. The predicted octanol–water partition coefficient (Wildman–Crippen LogP) is 2.57. The molecule has 0 aromatic heterocycles. The lowest BCUT2D eigenvalue weighted by atomic mass is 10.0. The number of hydrogen-bond acceptors (Lipinski definition) is 2. The monoisotopic (exact) mass is 242 g/mol. The Morgan fingerprint density at radius 2 is 2.31 bits per heavy atom. The van der Waals surface area contributed by atoms with Crippen LogP contribution in [0.15, 0.2) is 18.2 Å². The smallest absolute Gasteiger partial charge is 0.142 e. The first-order valence-electron chi connectivity index (χ1n) is 5.58. The minimum atomic E-state index is -0.366. The molecule has 1 fully saturated rings. The minimum absolute atomic E-state index is 0.0838.